The Morgan fingerprint density at radius 3 is 2.44 bits per heavy atom. The van der Waals surface area contributed by atoms with Crippen molar-refractivity contribution in [2.45, 2.75) is 25.7 Å². The Bertz CT molecular complexity index is 200. The number of nitrogens with zero attached hydrogens (tertiary/aromatic N) is 2. The molecule has 16 heavy (non-hydrogen) atoms. The van der Waals surface area contributed by atoms with Crippen molar-refractivity contribution < 1.29 is 4.79 Å². The maximum atomic E-state index is 12.0. The Labute approximate surface area is 99.0 Å². The fraction of sp³-hybridized carbons (Fsp3) is 0.917. The van der Waals surface area contributed by atoms with Crippen LogP contribution >= 0.6 is 0 Å². The molecule has 1 heterocycles. The number of nitrogens with one attached hydrogen (secondary N) is 1. The number of likely N-dealkylation sites (N-methyl/N-ethyl adjacent to an activating group) is 2. The van der Waals surface area contributed by atoms with Crippen LogP contribution in [-0.2, 0) is 4.79 Å². The molecule has 1 aliphatic heterocycles. The quantitative estimate of drug-likeness (QED) is 0.744. The summed E-state index contributed by atoms with van der Waals surface area (Å²) < 4.78 is 0. The van der Waals surface area contributed by atoms with Crippen LogP contribution in [0.2, 0.25) is 0 Å². The van der Waals surface area contributed by atoms with Gasteiger partial charge in [0.15, 0.2) is 0 Å². The smallest absolute Gasteiger partial charge is 0.236 e. The largest absolute Gasteiger partial charge is 0.342 e. The van der Waals surface area contributed by atoms with Crippen LogP contribution in [0.4, 0.5) is 0 Å². The lowest BCUT2D eigenvalue weighted by atomic mass is 10.2. The van der Waals surface area contributed by atoms with E-state index in [1.807, 2.05) is 19.0 Å². The Kier molecular flexibility index (Phi) is 6.42. The van der Waals surface area contributed by atoms with Crippen LogP contribution in [0, 0.1) is 0 Å². The zero-order chi connectivity index (χ0) is 11.8. The lowest BCUT2D eigenvalue weighted by Gasteiger charge is -2.24. The average molecular weight is 227 g/mol. The Morgan fingerprint density at radius 2 is 1.88 bits per heavy atom. The summed E-state index contributed by atoms with van der Waals surface area (Å²) >= 11 is 0. The molecule has 0 spiro atoms. The number of carbonyl (C=O) groups excluding carboxylic acids is 1. The van der Waals surface area contributed by atoms with Gasteiger partial charge in [0, 0.05) is 26.2 Å². The van der Waals surface area contributed by atoms with E-state index in [2.05, 4.69) is 10.2 Å². The topological polar surface area (TPSA) is 35.6 Å². The standard InChI is InChI=1S/C12H25N3O/c1-13-7-10-14(2)11-12(16)15-8-5-3-4-6-9-15/h13H,3-11H2,1-2H3. The summed E-state index contributed by atoms with van der Waals surface area (Å²) in [5.74, 6) is 0.292. The van der Waals surface area contributed by atoms with Crippen molar-refractivity contribution in [2.75, 3.05) is 46.8 Å². The summed E-state index contributed by atoms with van der Waals surface area (Å²) in [6.07, 6.45) is 4.90. The van der Waals surface area contributed by atoms with Gasteiger partial charge in [-0.05, 0) is 26.9 Å². The zero-order valence-corrected chi connectivity index (χ0v) is 10.7. The molecule has 1 rings (SSSR count). The van der Waals surface area contributed by atoms with E-state index in [0.29, 0.717) is 12.5 Å². The second-order valence-electron chi connectivity index (χ2n) is 4.64. The lowest BCUT2D eigenvalue weighted by molar-refractivity contribution is -0.132. The first-order chi connectivity index (χ1) is 7.74. The highest BCUT2D eigenvalue weighted by Gasteiger charge is 2.16. The zero-order valence-electron chi connectivity index (χ0n) is 10.7. The van der Waals surface area contributed by atoms with Gasteiger partial charge in [0.2, 0.25) is 5.91 Å². The summed E-state index contributed by atoms with van der Waals surface area (Å²) in [6, 6.07) is 0. The first-order valence-corrected chi connectivity index (χ1v) is 6.35. The van der Waals surface area contributed by atoms with Crippen LogP contribution in [0.25, 0.3) is 0 Å². The van der Waals surface area contributed by atoms with Crippen molar-refractivity contribution in [1.82, 2.24) is 15.1 Å². The van der Waals surface area contributed by atoms with Gasteiger partial charge in [-0.25, -0.2) is 0 Å². The number of rotatable bonds is 5. The summed E-state index contributed by atoms with van der Waals surface area (Å²) in [7, 11) is 3.94. The predicted octanol–water partition coefficient (Wildman–Crippen LogP) is 0.540. The molecule has 0 aliphatic carbocycles. The van der Waals surface area contributed by atoms with Gasteiger partial charge in [-0.1, -0.05) is 12.8 Å². The lowest BCUT2D eigenvalue weighted by Crippen LogP contribution is -2.41. The highest BCUT2D eigenvalue weighted by atomic mass is 16.2. The molecule has 1 saturated heterocycles. The summed E-state index contributed by atoms with van der Waals surface area (Å²) in [6.45, 7) is 4.33. The van der Waals surface area contributed by atoms with Crippen molar-refractivity contribution in [1.29, 1.82) is 0 Å². The molecule has 1 N–H and O–H groups in total. The van der Waals surface area contributed by atoms with Crippen molar-refractivity contribution >= 4 is 5.91 Å². The Balaban J connectivity index is 2.26. The van der Waals surface area contributed by atoms with Gasteiger partial charge in [-0.15, -0.1) is 0 Å². The van der Waals surface area contributed by atoms with Crippen molar-refractivity contribution in [3.8, 4) is 0 Å². The first kappa shape index (κ1) is 13.5. The van der Waals surface area contributed by atoms with Gasteiger partial charge in [0.1, 0.15) is 0 Å². The maximum Gasteiger partial charge on any atom is 0.236 e. The normalized spacial score (nSPS) is 17.6. The van der Waals surface area contributed by atoms with Gasteiger partial charge in [-0.2, -0.15) is 0 Å². The molecule has 4 heteroatoms. The maximum absolute atomic E-state index is 12.0. The minimum atomic E-state index is 0.292. The number of hydrogen-bond donors (Lipinski definition) is 1. The minimum absolute atomic E-state index is 0.292. The highest BCUT2D eigenvalue weighted by Crippen LogP contribution is 2.09. The van der Waals surface area contributed by atoms with Gasteiger partial charge in [0.25, 0.3) is 0 Å². The molecule has 1 fully saturated rings. The number of likely N-dealkylation sites (tertiary alicyclic amines) is 1. The molecule has 1 aliphatic rings. The molecule has 4 nitrogen and oxygen atoms in total. The van der Waals surface area contributed by atoms with Gasteiger partial charge >= 0.3 is 0 Å². The molecular weight excluding hydrogens is 202 g/mol. The number of carbonyl (C=O) groups is 1. The molecule has 0 aromatic heterocycles. The van der Waals surface area contributed by atoms with E-state index in [0.717, 1.165) is 26.2 Å². The SMILES string of the molecule is CNCCN(C)CC(=O)N1CCCCCC1. The van der Waals surface area contributed by atoms with Gasteiger partial charge < -0.3 is 10.2 Å². The fourth-order valence-electron chi connectivity index (χ4n) is 2.03. The van der Waals surface area contributed by atoms with Crippen molar-refractivity contribution in [3.63, 3.8) is 0 Å². The van der Waals surface area contributed by atoms with E-state index in [4.69, 9.17) is 0 Å². The molecule has 0 unspecified atom stereocenters. The third kappa shape index (κ3) is 4.94. The summed E-state index contributed by atoms with van der Waals surface area (Å²) in [4.78, 5) is 16.1. The molecule has 0 atom stereocenters. The second-order valence-corrected chi connectivity index (χ2v) is 4.64. The summed E-state index contributed by atoms with van der Waals surface area (Å²) in [5, 5.41) is 3.09. The molecule has 1 amide bonds. The van der Waals surface area contributed by atoms with E-state index in [-0.39, 0.29) is 0 Å². The van der Waals surface area contributed by atoms with Crippen LogP contribution in [-0.4, -0.2) is 62.5 Å². The predicted molar refractivity (Wildman–Crippen MR) is 66.5 cm³/mol. The van der Waals surface area contributed by atoms with E-state index >= 15 is 0 Å². The minimum Gasteiger partial charge on any atom is -0.342 e. The Hall–Kier alpha value is -0.610. The third-order valence-corrected chi connectivity index (χ3v) is 3.11. The second kappa shape index (κ2) is 7.63. The third-order valence-electron chi connectivity index (χ3n) is 3.11. The monoisotopic (exact) mass is 227 g/mol. The van der Waals surface area contributed by atoms with Crippen molar-refractivity contribution in [3.05, 3.63) is 0 Å². The molecule has 0 bridgehead atoms. The molecule has 0 aromatic rings. The van der Waals surface area contributed by atoms with E-state index < -0.39 is 0 Å². The van der Waals surface area contributed by atoms with Gasteiger partial charge in [0.05, 0.1) is 6.54 Å². The molecule has 0 saturated carbocycles. The van der Waals surface area contributed by atoms with E-state index in [1.54, 1.807) is 0 Å². The molecular formula is C12H25N3O. The molecule has 0 radical (unpaired) electrons. The van der Waals surface area contributed by atoms with E-state index in [9.17, 15) is 4.79 Å². The number of amides is 1. The Morgan fingerprint density at radius 1 is 1.25 bits per heavy atom. The average Bonchev–Trinajstić information content (AvgIpc) is 2.54. The van der Waals surface area contributed by atoms with Crippen LogP contribution < -0.4 is 5.32 Å². The van der Waals surface area contributed by atoms with Crippen LogP contribution in [0.3, 0.4) is 0 Å². The molecule has 0 aromatic carbocycles. The first-order valence-electron chi connectivity index (χ1n) is 6.35. The van der Waals surface area contributed by atoms with Crippen LogP contribution in [0.5, 0.6) is 0 Å². The fourth-order valence-corrected chi connectivity index (χ4v) is 2.03. The van der Waals surface area contributed by atoms with Crippen LogP contribution in [0.1, 0.15) is 25.7 Å². The van der Waals surface area contributed by atoms with Crippen LogP contribution in [0.15, 0.2) is 0 Å². The van der Waals surface area contributed by atoms with E-state index in [1.165, 1.54) is 25.7 Å². The number of hydrogen-bond acceptors (Lipinski definition) is 3. The summed E-state index contributed by atoms with van der Waals surface area (Å²) in [5.41, 5.74) is 0. The highest BCUT2D eigenvalue weighted by molar-refractivity contribution is 5.78. The van der Waals surface area contributed by atoms with Crippen molar-refractivity contribution in [2.24, 2.45) is 0 Å². The molecule has 94 valence electrons. The van der Waals surface area contributed by atoms with Gasteiger partial charge in [-0.3, -0.25) is 9.69 Å².